The molecule has 0 aromatic carbocycles. The first-order chi connectivity index (χ1) is 14.6. The van der Waals surface area contributed by atoms with E-state index in [1.807, 2.05) is 23.9 Å². The Balaban J connectivity index is 1.65. The number of nitrogen functional groups attached to an aromatic ring is 1. The molecule has 1 atom stereocenters. The lowest BCUT2D eigenvalue weighted by Gasteiger charge is -2.27. The molecule has 4 heterocycles. The van der Waals surface area contributed by atoms with Crippen molar-refractivity contribution < 1.29 is 9.29 Å². The molecule has 0 aliphatic heterocycles. The molecule has 9 heteroatoms. The van der Waals surface area contributed by atoms with Gasteiger partial charge in [-0.2, -0.15) is 0 Å². The summed E-state index contributed by atoms with van der Waals surface area (Å²) in [4.78, 5) is 14.7. The van der Waals surface area contributed by atoms with Gasteiger partial charge in [0.25, 0.3) is 0 Å². The lowest BCUT2D eigenvalue weighted by Crippen LogP contribution is -2.12. The zero-order valence-electron chi connectivity index (χ0n) is 16.9. The number of fused-ring (bicyclic) bond motifs is 2. The summed E-state index contributed by atoms with van der Waals surface area (Å²) in [7, 11) is 3.54. The van der Waals surface area contributed by atoms with Crippen molar-refractivity contribution in [1.82, 2.24) is 19.5 Å². The molecule has 0 radical (unpaired) electrons. The summed E-state index contributed by atoms with van der Waals surface area (Å²) in [5, 5.41) is 0.973. The minimum Gasteiger partial charge on any atom is -0.611 e. The molecule has 1 aliphatic carbocycles. The number of nitrogens with two attached hydrogens (primary N) is 1. The van der Waals surface area contributed by atoms with Crippen molar-refractivity contribution in [2.45, 2.75) is 29.4 Å². The molecule has 0 bridgehead atoms. The second-order valence-electron chi connectivity index (χ2n) is 7.67. The lowest BCUT2D eigenvalue weighted by molar-refractivity contribution is 0.217. The highest BCUT2D eigenvalue weighted by Gasteiger charge is 2.29. The Bertz CT molecular complexity index is 1230. The number of aryl methyl sites for hydroxylation is 1. The van der Waals surface area contributed by atoms with E-state index in [0.29, 0.717) is 28.2 Å². The number of imidazole rings is 1. The minimum atomic E-state index is -1.20. The molecular formula is C21H23N5O2S2. The van der Waals surface area contributed by atoms with Gasteiger partial charge >= 0.3 is 0 Å². The normalized spacial score (nSPS) is 15.7. The Morgan fingerprint density at radius 2 is 2.17 bits per heavy atom. The van der Waals surface area contributed by atoms with Crippen molar-refractivity contribution >= 4 is 49.6 Å². The van der Waals surface area contributed by atoms with E-state index >= 15 is 0 Å². The van der Waals surface area contributed by atoms with Crippen molar-refractivity contribution in [2.24, 2.45) is 7.05 Å². The monoisotopic (exact) mass is 441 g/mol. The number of hydrogen-bond acceptors (Lipinski definition) is 7. The highest BCUT2D eigenvalue weighted by Crippen LogP contribution is 2.46. The van der Waals surface area contributed by atoms with Gasteiger partial charge < -0.3 is 19.6 Å². The van der Waals surface area contributed by atoms with Crippen LogP contribution in [-0.4, -0.2) is 43.5 Å². The largest absolute Gasteiger partial charge is 0.611 e. The molecule has 1 saturated carbocycles. The fraction of sp³-hybridized carbons (Fsp3) is 0.381. The predicted octanol–water partition coefficient (Wildman–Crippen LogP) is 3.85. The van der Waals surface area contributed by atoms with Gasteiger partial charge in [-0.05, 0) is 36.5 Å². The third-order valence-corrected chi connectivity index (χ3v) is 8.64. The van der Waals surface area contributed by atoms with E-state index in [1.165, 1.54) is 23.3 Å². The summed E-state index contributed by atoms with van der Waals surface area (Å²) in [5.74, 6) is 0.900. The number of ether oxygens (including phenoxy) is 1. The number of hydrogen-bond donors (Lipinski definition) is 1. The third-order valence-electron chi connectivity index (χ3n) is 5.77. The van der Waals surface area contributed by atoms with Crippen molar-refractivity contribution in [3.63, 3.8) is 0 Å². The van der Waals surface area contributed by atoms with Crippen LogP contribution in [0.1, 0.15) is 30.7 Å². The van der Waals surface area contributed by atoms with Gasteiger partial charge in [-0.15, -0.1) is 0 Å². The number of anilines is 1. The van der Waals surface area contributed by atoms with Crippen LogP contribution < -0.4 is 5.73 Å². The maximum atomic E-state index is 12.8. The standard InChI is InChI=1S/C21H23N5O2S2/c1-26-11-24-16-8-13(10-23-19(16)26)15-9-14(12-4-3-5-12)17-18(22)21(29-20(17)25-15)30(27)7-6-28-2/h8-12H,3-7,22H2,1-2H3/t30-/m1/s1. The SMILES string of the molecule is COCC[S@@+]([O-])c1sc2nc(-c3cnc4c(c3)ncn4C)cc(C3CCC3)c2c1N. The maximum absolute atomic E-state index is 12.8. The van der Waals surface area contributed by atoms with Crippen LogP contribution >= 0.6 is 11.3 Å². The van der Waals surface area contributed by atoms with Crippen LogP contribution in [0.15, 0.2) is 28.9 Å². The number of methoxy groups -OCH3 is 1. The van der Waals surface area contributed by atoms with E-state index in [-0.39, 0.29) is 0 Å². The second-order valence-corrected chi connectivity index (χ2v) is 10.4. The van der Waals surface area contributed by atoms with Gasteiger partial charge in [-0.25, -0.2) is 15.0 Å². The van der Waals surface area contributed by atoms with Crippen LogP contribution in [0.5, 0.6) is 0 Å². The summed E-state index contributed by atoms with van der Waals surface area (Å²) in [6.07, 6.45) is 7.12. The van der Waals surface area contributed by atoms with E-state index in [2.05, 4.69) is 16.0 Å². The average molecular weight is 442 g/mol. The van der Waals surface area contributed by atoms with Gasteiger partial charge in [-0.1, -0.05) is 17.8 Å². The maximum Gasteiger partial charge on any atom is 0.232 e. The molecule has 1 aliphatic rings. The highest BCUT2D eigenvalue weighted by atomic mass is 32.2. The molecular weight excluding hydrogens is 418 g/mol. The molecule has 30 heavy (non-hydrogen) atoms. The zero-order valence-corrected chi connectivity index (χ0v) is 18.6. The summed E-state index contributed by atoms with van der Waals surface area (Å²) < 4.78 is 20.5. The molecule has 0 amide bonds. The van der Waals surface area contributed by atoms with Crippen molar-refractivity contribution in [1.29, 1.82) is 0 Å². The van der Waals surface area contributed by atoms with Crippen molar-refractivity contribution in [3.05, 3.63) is 30.2 Å². The highest BCUT2D eigenvalue weighted by molar-refractivity contribution is 7.93. The van der Waals surface area contributed by atoms with E-state index in [1.54, 1.807) is 13.4 Å². The average Bonchev–Trinajstić information content (AvgIpc) is 3.24. The van der Waals surface area contributed by atoms with E-state index in [4.69, 9.17) is 15.5 Å². The van der Waals surface area contributed by atoms with Crippen LogP contribution in [0.25, 0.3) is 32.6 Å². The van der Waals surface area contributed by atoms with Crippen LogP contribution in [0.3, 0.4) is 0 Å². The molecule has 7 nitrogen and oxygen atoms in total. The molecule has 1 fully saturated rings. The fourth-order valence-corrected chi connectivity index (χ4v) is 6.47. The zero-order chi connectivity index (χ0) is 20.8. The predicted molar refractivity (Wildman–Crippen MR) is 121 cm³/mol. The van der Waals surface area contributed by atoms with Gasteiger partial charge in [0.05, 0.1) is 18.6 Å². The smallest absolute Gasteiger partial charge is 0.232 e. The van der Waals surface area contributed by atoms with Crippen molar-refractivity contribution in [3.8, 4) is 11.3 Å². The number of pyridine rings is 2. The Labute approximate surface area is 181 Å². The molecule has 0 spiro atoms. The number of rotatable bonds is 6. The molecule has 0 saturated heterocycles. The first-order valence-corrected chi connectivity index (χ1v) is 12.1. The van der Waals surface area contributed by atoms with Gasteiger partial charge in [0.1, 0.15) is 21.8 Å². The van der Waals surface area contributed by atoms with Crippen molar-refractivity contribution in [2.75, 3.05) is 25.2 Å². The molecule has 2 N–H and O–H groups in total. The third kappa shape index (κ3) is 3.26. The van der Waals surface area contributed by atoms with Gasteiger partial charge in [0.2, 0.25) is 4.21 Å². The van der Waals surface area contributed by atoms with Crippen LogP contribution in [0.4, 0.5) is 5.69 Å². The van der Waals surface area contributed by atoms with Crippen LogP contribution in [-0.2, 0) is 23.0 Å². The molecule has 156 valence electrons. The summed E-state index contributed by atoms with van der Waals surface area (Å²) in [6.45, 7) is 0.435. The first kappa shape index (κ1) is 19.7. The van der Waals surface area contributed by atoms with Gasteiger partial charge in [-0.3, -0.25) is 0 Å². The fourth-order valence-electron chi connectivity index (χ4n) is 3.90. The van der Waals surface area contributed by atoms with Gasteiger partial charge in [0.15, 0.2) is 5.65 Å². The van der Waals surface area contributed by atoms with E-state index in [9.17, 15) is 4.55 Å². The lowest BCUT2D eigenvalue weighted by atomic mass is 9.79. The minimum absolute atomic E-state index is 0.430. The molecule has 5 rings (SSSR count). The molecule has 4 aromatic heterocycles. The van der Waals surface area contributed by atoms with Crippen LogP contribution in [0, 0.1) is 0 Å². The Kier molecular flexibility index (Phi) is 5.14. The Morgan fingerprint density at radius 1 is 1.33 bits per heavy atom. The van der Waals surface area contributed by atoms with E-state index in [0.717, 1.165) is 45.5 Å². The number of thiophene rings is 1. The topological polar surface area (TPSA) is 102 Å². The summed E-state index contributed by atoms with van der Waals surface area (Å²) in [6, 6.07) is 4.17. The number of nitrogens with zero attached hydrogens (tertiary/aromatic N) is 4. The quantitative estimate of drug-likeness (QED) is 0.456. The second kappa shape index (κ2) is 7.81. The first-order valence-electron chi connectivity index (χ1n) is 9.94. The van der Waals surface area contributed by atoms with Crippen LogP contribution in [0.2, 0.25) is 0 Å². The van der Waals surface area contributed by atoms with Gasteiger partial charge in [0, 0.05) is 42.5 Å². The Hall–Kier alpha value is -2.20. The summed E-state index contributed by atoms with van der Waals surface area (Å²) >= 11 is 0.237. The molecule has 4 aromatic rings. The molecule has 0 unspecified atom stereocenters. The van der Waals surface area contributed by atoms with E-state index < -0.39 is 11.2 Å². The number of aromatic nitrogens is 4. The Morgan fingerprint density at radius 3 is 2.90 bits per heavy atom. The summed E-state index contributed by atoms with van der Waals surface area (Å²) in [5.41, 5.74) is 11.8.